The molecule has 0 saturated carbocycles. The van der Waals surface area contributed by atoms with Crippen LogP contribution in [-0.4, -0.2) is 16.1 Å². The molecule has 0 bridgehead atoms. The van der Waals surface area contributed by atoms with Gasteiger partial charge in [-0.25, -0.2) is 4.98 Å². The molecule has 0 spiro atoms. The van der Waals surface area contributed by atoms with Gasteiger partial charge in [-0.05, 0) is 6.54 Å². The topological polar surface area (TPSA) is 29.9 Å². The third kappa shape index (κ3) is 1.95. The first-order valence-electron chi connectivity index (χ1n) is 4.11. The van der Waals surface area contributed by atoms with E-state index in [1.165, 1.54) is 0 Å². The Morgan fingerprint density at radius 2 is 2.58 bits per heavy atom. The molecule has 0 saturated heterocycles. The van der Waals surface area contributed by atoms with E-state index in [0.717, 1.165) is 12.2 Å². The second kappa shape index (κ2) is 4.07. The highest BCUT2D eigenvalue weighted by Crippen LogP contribution is 2.09. The van der Waals surface area contributed by atoms with Crippen LogP contribution in [0.25, 0.3) is 0 Å². The van der Waals surface area contributed by atoms with Crippen molar-refractivity contribution in [3.05, 3.63) is 30.9 Å². The first-order chi connectivity index (χ1) is 5.77. The number of hydrogen-bond donors (Lipinski definition) is 1. The van der Waals surface area contributed by atoms with Crippen LogP contribution in [-0.2, 0) is 7.05 Å². The number of aryl methyl sites for hydroxylation is 1. The van der Waals surface area contributed by atoms with Crippen molar-refractivity contribution >= 4 is 0 Å². The molecular formula is C9H15N3. The zero-order valence-electron chi connectivity index (χ0n) is 7.62. The summed E-state index contributed by atoms with van der Waals surface area (Å²) >= 11 is 0. The SMILES string of the molecule is C=CC(NCC)c1cn(C)cn1. The number of hydrogen-bond acceptors (Lipinski definition) is 2. The minimum Gasteiger partial charge on any atom is -0.340 e. The average Bonchev–Trinajstić information content (AvgIpc) is 2.47. The largest absolute Gasteiger partial charge is 0.340 e. The summed E-state index contributed by atoms with van der Waals surface area (Å²) in [4.78, 5) is 4.23. The van der Waals surface area contributed by atoms with Gasteiger partial charge in [-0.1, -0.05) is 13.0 Å². The summed E-state index contributed by atoms with van der Waals surface area (Å²) in [6.45, 7) is 6.75. The molecule has 0 aliphatic rings. The van der Waals surface area contributed by atoms with E-state index in [4.69, 9.17) is 0 Å². The molecule has 0 radical (unpaired) electrons. The standard InChI is InChI=1S/C9H15N3/c1-4-8(10-5-2)9-6-12(3)7-11-9/h4,6-8,10H,1,5H2,2-3H3. The minimum atomic E-state index is 0.177. The van der Waals surface area contributed by atoms with Crippen molar-refractivity contribution in [2.24, 2.45) is 7.05 Å². The maximum Gasteiger partial charge on any atom is 0.0947 e. The molecule has 1 aromatic heterocycles. The van der Waals surface area contributed by atoms with Crippen LogP contribution in [0.15, 0.2) is 25.2 Å². The minimum absolute atomic E-state index is 0.177. The van der Waals surface area contributed by atoms with Crippen LogP contribution < -0.4 is 5.32 Å². The Labute approximate surface area is 73.1 Å². The predicted octanol–water partition coefficient (Wildman–Crippen LogP) is 1.26. The molecule has 1 heterocycles. The Kier molecular flexibility index (Phi) is 3.05. The number of likely N-dealkylation sites (N-methyl/N-ethyl adjacent to an activating group) is 1. The van der Waals surface area contributed by atoms with Gasteiger partial charge in [-0.3, -0.25) is 0 Å². The lowest BCUT2D eigenvalue weighted by molar-refractivity contribution is 0.636. The summed E-state index contributed by atoms with van der Waals surface area (Å²) in [5.41, 5.74) is 1.02. The Balaban J connectivity index is 2.72. The van der Waals surface area contributed by atoms with Crippen LogP contribution in [0.2, 0.25) is 0 Å². The van der Waals surface area contributed by atoms with E-state index in [9.17, 15) is 0 Å². The van der Waals surface area contributed by atoms with Crippen LogP contribution in [0.3, 0.4) is 0 Å². The fourth-order valence-corrected chi connectivity index (χ4v) is 1.12. The molecule has 1 unspecified atom stereocenters. The first kappa shape index (κ1) is 9.00. The van der Waals surface area contributed by atoms with Gasteiger partial charge in [-0.2, -0.15) is 0 Å². The van der Waals surface area contributed by atoms with Crippen molar-refractivity contribution in [2.75, 3.05) is 6.54 Å². The lowest BCUT2D eigenvalue weighted by atomic mass is 10.2. The normalized spacial score (nSPS) is 12.8. The van der Waals surface area contributed by atoms with Gasteiger partial charge in [-0.15, -0.1) is 6.58 Å². The van der Waals surface area contributed by atoms with Crippen LogP contribution in [0.1, 0.15) is 18.7 Å². The quantitative estimate of drug-likeness (QED) is 0.681. The van der Waals surface area contributed by atoms with E-state index in [1.807, 2.05) is 23.9 Å². The highest BCUT2D eigenvalue weighted by molar-refractivity contribution is 5.09. The van der Waals surface area contributed by atoms with Crippen molar-refractivity contribution in [1.29, 1.82) is 0 Å². The van der Waals surface area contributed by atoms with Crippen molar-refractivity contribution < 1.29 is 0 Å². The maximum atomic E-state index is 4.23. The van der Waals surface area contributed by atoms with Crippen LogP contribution in [0.5, 0.6) is 0 Å². The Morgan fingerprint density at radius 3 is 3.00 bits per heavy atom. The van der Waals surface area contributed by atoms with Gasteiger partial charge in [0.25, 0.3) is 0 Å². The molecular weight excluding hydrogens is 150 g/mol. The molecule has 0 amide bonds. The monoisotopic (exact) mass is 165 g/mol. The molecule has 3 heteroatoms. The summed E-state index contributed by atoms with van der Waals surface area (Å²) < 4.78 is 1.93. The molecule has 1 atom stereocenters. The summed E-state index contributed by atoms with van der Waals surface area (Å²) in [6.07, 6.45) is 5.66. The lowest BCUT2D eigenvalue weighted by Crippen LogP contribution is -2.18. The van der Waals surface area contributed by atoms with Gasteiger partial charge in [0.1, 0.15) is 0 Å². The van der Waals surface area contributed by atoms with E-state index < -0.39 is 0 Å². The highest BCUT2D eigenvalue weighted by Gasteiger charge is 2.07. The average molecular weight is 165 g/mol. The van der Waals surface area contributed by atoms with Crippen molar-refractivity contribution in [2.45, 2.75) is 13.0 Å². The smallest absolute Gasteiger partial charge is 0.0947 e. The summed E-state index contributed by atoms with van der Waals surface area (Å²) in [5.74, 6) is 0. The van der Waals surface area contributed by atoms with Crippen molar-refractivity contribution in [1.82, 2.24) is 14.9 Å². The molecule has 1 aromatic rings. The van der Waals surface area contributed by atoms with E-state index in [2.05, 4.69) is 23.8 Å². The Bertz CT molecular complexity index is 252. The third-order valence-corrected chi connectivity index (χ3v) is 1.70. The number of nitrogens with one attached hydrogen (secondary N) is 1. The van der Waals surface area contributed by atoms with E-state index in [-0.39, 0.29) is 6.04 Å². The molecule has 1 N–H and O–H groups in total. The van der Waals surface area contributed by atoms with Crippen molar-refractivity contribution in [3.63, 3.8) is 0 Å². The second-order valence-corrected chi connectivity index (χ2v) is 2.74. The van der Waals surface area contributed by atoms with Crippen LogP contribution >= 0.6 is 0 Å². The third-order valence-electron chi connectivity index (χ3n) is 1.70. The predicted molar refractivity (Wildman–Crippen MR) is 49.8 cm³/mol. The van der Waals surface area contributed by atoms with Gasteiger partial charge in [0, 0.05) is 13.2 Å². The van der Waals surface area contributed by atoms with E-state index in [0.29, 0.717) is 0 Å². The summed E-state index contributed by atoms with van der Waals surface area (Å²) in [6, 6.07) is 0.177. The zero-order valence-corrected chi connectivity index (χ0v) is 7.62. The number of aromatic nitrogens is 2. The van der Waals surface area contributed by atoms with E-state index >= 15 is 0 Å². The number of imidazole rings is 1. The fourth-order valence-electron chi connectivity index (χ4n) is 1.12. The molecule has 0 aromatic carbocycles. The molecule has 0 aliphatic carbocycles. The first-order valence-corrected chi connectivity index (χ1v) is 4.11. The molecule has 12 heavy (non-hydrogen) atoms. The van der Waals surface area contributed by atoms with Crippen molar-refractivity contribution in [3.8, 4) is 0 Å². The molecule has 0 aliphatic heterocycles. The van der Waals surface area contributed by atoms with Crippen LogP contribution in [0.4, 0.5) is 0 Å². The fraction of sp³-hybridized carbons (Fsp3) is 0.444. The van der Waals surface area contributed by atoms with Gasteiger partial charge < -0.3 is 9.88 Å². The number of rotatable bonds is 4. The van der Waals surface area contributed by atoms with Gasteiger partial charge >= 0.3 is 0 Å². The summed E-state index contributed by atoms with van der Waals surface area (Å²) in [7, 11) is 1.96. The summed E-state index contributed by atoms with van der Waals surface area (Å²) in [5, 5.41) is 3.27. The molecule has 66 valence electrons. The van der Waals surface area contributed by atoms with Crippen LogP contribution in [0, 0.1) is 0 Å². The Morgan fingerprint density at radius 1 is 1.83 bits per heavy atom. The van der Waals surface area contributed by atoms with Gasteiger partial charge in [0.15, 0.2) is 0 Å². The second-order valence-electron chi connectivity index (χ2n) is 2.74. The number of nitrogens with zero attached hydrogens (tertiary/aromatic N) is 2. The zero-order chi connectivity index (χ0) is 8.97. The highest BCUT2D eigenvalue weighted by atomic mass is 15.0. The molecule has 0 fully saturated rings. The van der Waals surface area contributed by atoms with Gasteiger partial charge in [0.2, 0.25) is 0 Å². The maximum absolute atomic E-state index is 4.23. The lowest BCUT2D eigenvalue weighted by Gasteiger charge is -2.09. The molecule has 3 nitrogen and oxygen atoms in total. The Hall–Kier alpha value is -1.09. The van der Waals surface area contributed by atoms with Gasteiger partial charge in [0.05, 0.1) is 18.1 Å². The van der Waals surface area contributed by atoms with E-state index in [1.54, 1.807) is 6.33 Å². The molecule has 1 rings (SSSR count).